The first-order chi connectivity index (χ1) is 18.1. The van der Waals surface area contributed by atoms with Crippen LogP contribution in [0, 0.1) is 17.0 Å². The Morgan fingerprint density at radius 1 is 1.18 bits per heavy atom. The van der Waals surface area contributed by atoms with Gasteiger partial charge in [0, 0.05) is 19.2 Å². The number of aryl methyl sites for hydroxylation is 1. The number of sulfonamides is 1. The summed E-state index contributed by atoms with van der Waals surface area (Å²) in [6, 6.07) is 13.8. The lowest BCUT2D eigenvalue weighted by Crippen LogP contribution is -2.28. The predicted molar refractivity (Wildman–Crippen MR) is 145 cm³/mol. The number of furan rings is 1. The normalized spacial score (nSPS) is 12.0. The predicted octanol–water partition coefficient (Wildman–Crippen LogP) is 5.21. The van der Waals surface area contributed by atoms with E-state index in [2.05, 4.69) is 10.1 Å². The van der Waals surface area contributed by atoms with Crippen molar-refractivity contribution in [3.63, 3.8) is 0 Å². The molecular weight excluding hydrogens is 530 g/mol. The minimum atomic E-state index is -3.70. The molecule has 0 aliphatic heterocycles. The van der Waals surface area contributed by atoms with Gasteiger partial charge in [-0.05, 0) is 61.4 Å². The van der Waals surface area contributed by atoms with E-state index in [1.54, 1.807) is 0 Å². The lowest BCUT2D eigenvalue weighted by Gasteiger charge is -2.17. The molecule has 0 aliphatic carbocycles. The summed E-state index contributed by atoms with van der Waals surface area (Å²) in [5.41, 5.74) is 1.88. The Balaban J connectivity index is 1.68. The van der Waals surface area contributed by atoms with Crippen molar-refractivity contribution in [2.75, 3.05) is 18.6 Å². The highest BCUT2D eigenvalue weighted by Crippen LogP contribution is 2.31. The van der Waals surface area contributed by atoms with Crippen LogP contribution in [0.2, 0.25) is 0 Å². The summed E-state index contributed by atoms with van der Waals surface area (Å²) in [7, 11) is -2.18. The van der Waals surface area contributed by atoms with Crippen LogP contribution < -0.4 is 5.01 Å². The smallest absolute Gasteiger partial charge is 0.400 e. The van der Waals surface area contributed by atoms with Crippen LogP contribution in [0.15, 0.2) is 69.0 Å². The number of carbonyl (C=O) groups is 1. The third kappa shape index (κ3) is 5.79. The Morgan fingerprint density at radius 2 is 1.92 bits per heavy atom. The van der Waals surface area contributed by atoms with Gasteiger partial charge in [-0.1, -0.05) is 30.7 Å². The van der Waals surface area contributed by atoms with Crippen molar-refractivity contribution in [1.82, 2.24) is 9.29 Å². The number of thiazole rings is 1. The molecule has 13 heteroatoms. The monoisotopic (exact) mass is 555 g/mol. The zero-order valence-electron chi connectivity index (χ0n) is 20.9. The van der Waals surface area contributed by atoms with Gasteiger partial charge in [0.25, 0.3) is 5.91 Å². The van der Waals surface area contributed by atoms with Crippen molar-refractivity contribution in [1.29, 1.82) is 0 Å². The molecule has 2 aromatic heterocycles. The van der Waals surface area contributed by atoms with Gasteiger partial charge in [0.2, 0.25) is 15.2 Å². The number of rotatable bonds is 10. The number of carbonyl (C=O) groups excluding carboxylic acids is 1. The maximum atomic E-state index is 13.5. The number of anilines is 1. The van der Waals surface area contributed by atoms with E-state index >= 15 is 0 Å². The van der Waals surface area contributed by atoms with Crippen molar-refractivity contribution in [2.24, 2.45) is 5.10 Å². The number of nitrogens with zero attached hydrogens (tertiary/aromatic N) is 5. The van der Waals surface area contributed by atoms with Crippen molar-refractivity contribution in [3.8, 4) is 0 Å². The maximum absolute atomic E-state index is 13.5. The van der Waals surface area contributed by atoms with Gasteiger partial charge in [-0.2, -0.15) is 10.1 Å². The molecule has 2 aromatic carbocycles. The fraction of sp³-hybridized carbons (Fsp3) is 0.240. The number of benzene rings is 2. The molecule has 0 radical (unpaired) electrons. The standard InChI is InChI=1S/C25H25N5O6S2/c1-4-5-14-28(3)38(34,35)20-10-7-18(8-11-20)24(31)29(26-16-19-9-13-23(36-19)30(32)33)25-27-21-12-6-17(2)15-22(21)37-25/h6-13,15-16H,4-5,14H2,1-3H3/b26-16+. The zero-order chi connectivity index (χ0) is 27.4. The Labute approximate surface area is 223 Å². The molecular formula is C25H25N5O6S2. The number of hydrazone groups is 1. The number of amides is 1. The lowest BCUT2D eigenvalue weighted by molar-refractivity contribution is -0.402. The largest absolute Gasteiger partial charge is 0.433 e. The second-order valence-corrected chi connectivity index (χ2v) is 11.5. The molecule has 2 heterocycles. The molecule has 38 heavy (non-hydrogen) atoms. The molecule has 0 N–H and O–H groups in total. The topological polar surface area (TPSA) is 139 Å². The Kier molecular flexibility index (Phi) is 7.99. The minimum absolute atomic E-state index is 0.0704. The van der Waals surface area contributed by atoms with Crippen LogP contribution in [0.4, 0.5) is 11.0 Å². The van der Waals surface area contributed by atoms with Crippen LogP contribution in [0.1, 0.15) is 41.4 Å². The Bertz CT molecular complexity index is 1610. The van der Waals surface area contributed by atoms with Crippen LogP contribution in [0.3, 0.4) is 0 Å². The molecule has 0 unspecified atom stereocenters. The van der Waals surface area contributed by atoms with Crippen molar-refractivity contribution >= 4 is 54.7 Å². The zero-order valence-corrected chi connectivity index (χ0v) is 22.5. The average Bonchev–Trinajstić information content (AvgIpc) is 3.54. The minimum Gasteiger partial charge on any atom is -0.400 e. The molecule has 0 saturated heterocycles. The number of hydrogen-bond acceptors (Lipinski definition) is 9. The summed E-state index contributed by atoms with van der Waals surface area (Å²) < 4.78 is 33.0. The highest BCUT2D eigenvalue weighted by Gasteiger charge is 2.24. The van der Waals surface area contributed by atoms with Crippen LogP contribution >= 0.6 is 11.3 Å². The molecule has 0 fully saturated rings. The van der Waals surface area contributed by atoms with E-state index in [1.807, 2.05) is 32.0 Å². The fourth-order valence-corrected chi connectivity index (χ4v) is 5.73. The van der Waals surface area contributed by atoms with E-state index in [-0.39, 0.29) is 21.4 Å². The van der Waals surface area contributed by atoms with E-state index in [9.17, 15) is 23.3 Å². The molecule has 198 valence electrons. The number of aromatic nitrogens is 1. The maximum Gasteiger partial charge on any atom is 0.433 e. The summed E-state index contributed by atoms with van der Waals surface area (Å²) in [5, 5.41) is 16.5. The quantitative estimate of drug-likeness (QED) is 0.149. The number of fused-ring (bicyclic) bond motifs is 1. The fourth-order valence-electron chi connectivity index (χ4n) is 3.50. The molecule has 1 amide bonds. The van der Waals surface area contributed by atoms with E-state index in [1.165, 1.54) is 65.3 Å². The number of hydrogen-bond donors (Lipinski definition) is 0. The number of unbranched alkanes of at least 4 members (excludes halogenated alkanes) is 1. The van der Waals surface area contributed by atoms with Gasteiger partial charge in [0.1, 0.15) is 4.92 Å². The van der Waals surface area contributed by atoms with Gasteiger partial charge in [-0.25, -0.2) is 17.7 Å². The first kappa shape index (κ1) is 27.1. The average molecular weight is 556 g/mol. The van der Waals surface area contributed by atoms with E-state index in [0.29, 0.717) is 12.1 Å². The highest BCUT2D eigenvalue weighted by molar-refractivity contribution is 7.89. The van der Waals surface area contributed by atoms with Crippen LogP contribution in [0.25, 0.3) is 10.2 Å². The molecule has 11 nitrogen and oxygen atoms in total. The molecule has 0 saturated carbocycles. The molecule has 0 aliphatic rings. The lowest BCUT2D eigenvalue weighted by atomic mass is 10.2. The Morgan fingerprint density at radius 3 is 2.58 bits per heavy atom. The molecule has 4 aromatic rings. The second-order valence-electron chi connectivity index (χ2n) is 8.47. The summed E-state index contributed by atoms with van der Waals surface area (Å²) in [6.07, 6.45) is 2.78. The van der Waals surface area contributed by atoms with Gasteiger partial charge >= 0.3 is 5.88 Å². The van der Waals surface area contributed by atoms with Crippen molar-refractivity contribution < 1.29 is 22.6 Å². The third-order valence-corrected chi connectivity index (χ3v) is 8.50. The first-order valence-electron chi connectivity index (χ1n) is 11.7. The highest BCUT2D eigenvalue weighted by atomic mass is 32.2. The first-order valence-corrected chi connectivity index (χ1v) is 13.9. The second kappa shape index (κ2) is 11.2. The summed E-state index contributed by atoms with van der Waals surface area (Å²) in [4.78, 5) is 28.4. The van der Waals surface area contributed by atoms with E-state index in [0.717, 1.165) is 28.1 Å². The molecule has 0 bridgehead atoms. The van der Waals surface area contributed by atoms with Crippen LogP contribution in [-0.2, 0) is 10.0 Å². The molecule has 0 atom stereocenters. The summed E-state index contributed by atoms with van der Waals surface area (Å²) in [6.45, 7) is 4.32. The molecule has 4 rings (SSSR count). The van der Waals surface area contributed by atoms with Crippen LogP contribution in [0.5, 0.6) is 0 Å². The van der Waals surface area contributed by atoms with Crippen molar-refractivity contribution in [3.05, 3.63) is 81.6 Å². The van der Waals surface area contributed by atoms with E-state index in [4.69, 9.17) is 4.42 Å². The van der Waals surface area contributed by atoms with Gasteiger partial charge in [0.05, 0.1) is 27.4 Å². The van der Waals surface area contributed by atoms with Gasteiger partial charge in [-0.15, -0.1) is 0 Å². The van der Waals surface area contributed by atoms with Gasteiger partial charge in [-0.3, -0.25) is 14.9 Å². The van der Waals surface area contributed by atoms with E-state index < -0.39 is 26.7 Å². The van der Waals surface area contributed by atoms with Crippen molar-refractivity contribution in [2.45, 2.75) is 31.6 Å². The summed E-state index contributed by atoms with van der Waals surface area (Å²) in [5.74, 6) is -0.954. The van der Waals surface area contributed by atoms with Gasteiger partial charge < -0.3 is 4.42 Å². The Hall–Kier alpha value is -3.94. The third-order valence-electron chi connectivity index (χ3n) is 5.64. The molecule has 0 spiro atoms. The SMILES string of the molecule is CCCCN(C)S(=O)(=O)c1ccc(C(=O)N(/N=C/c2ccc([N+](=O)[O-])o2)c2nc3ccc(C)cc3s2)cc1. The van der Waals surface area contributed by atoms with Gasteiger partial charge in [0.15, 0.2) is 5.76 Å². The van der Waals surface area contributed by atoms with Crippen LogP contribution in [-0.4, -0.2) is 48.3 Å². The summed E-state index contributed by atoms with van der Waals surface area (Å²) >= 11 is 1.25. The number of nitro groups is 1.